The van der Waals surface area contributed by atoms with E-state index in [0.717, 1.165) is 18.5 Å². The first-order chi connectivity index (χ1) is 11.0. The minimum atomic E-state index is -1.20. The first-order valence-electron chi connectivity index (χ1n) is 8.27. The van der Waals surface area contributed by atoms with Crippen molar-refractivity contribution in [2.45, 2.75) is 63.7 Å². The number of hydrogen-bond acceptors (Lipinski definition) is 3. The van der Waals surface area contributed by atoms with Gasteiger partial charge in [0.25, 0.3) is 5.91 Å². The summed E-state index contributed by atoms with van der Waals surface area (Å²) < 4.78 is 15.5. The van der Waals surface area contributed by atoms with Crippen LogP contribution in [0.4, 0.5) is 4.39 Å². The lowest BCUT2D eigenvalue weighted by atomic mass is 9.95. The molecule has 2 atom stereocenters. The van der Waals surface area contributed by atoms with Crippen molar-refractivity contribution in [1.29, 1.82) is 0 Å². The molecule has 126 valence electrons. The highest BCUT2D eigenvalue weighted by Crippen LogP contribution is 2.30. The molecule has 0 spiro atoms. The van der Waals surface area contributed by atoms with Crippen molar-refractivity contribution in [3.05, 3.63) is 17.5 Å². The Bertz CT molecular complexity index is 609. The Morgan fingerprint density at radius 2 is 2.00 bits per heavy atom. The molecule has 1 saturated heterocycles. The molecule has 3 rings (SSSR count). The number of nitrogens with zero attached hydrogens (tertiary/aromatic N) is 3. The first-order valence-corrected chi connectivity index (χ1v) is 8.27. The lowest BCUT2D eigenvalue weighted by molar-refractivity contribution is -0.121. The third-order valence-corrected chi connectivity index (χ3v) is 5.03. The van der Waals surface area contributed by atoms with Gasteiger partial charge in [-0.05, 0) is 19.8 Å². The van der Waals surface area contributed by atoms with Crippen LogP contribution < -0.4 is 5.73 Å². The maximum absolute atomic E-state index is 13.6. The largest absolute Gasteiger partial charge is 0.368 e. The normalized spacial score (nSPS) is 25.7. The number of halogens is 1. The van der Waals surface area contributed by atoms with Crippen molar-refractivity contribution in [1.82, 2.24) is 14.7 Å². The highest BCUT2D eigenvalue weighted by molar-refractivity contribution is 5.98. The molecule has 7 heteroatoms. The third-order valence-electron chi connectivity index (χ3n) is 5.03. The molecule has 1 saturated carbocycles. The monoisotopic (exact) mass is 322 g/mol. The second-order valence-electron chi connectivity index (χ2n) is 6.59. The molecular weight excluding hydrogens is 299 g/mol. The maximum atomic E-state index is 13.6. The van der Waals surface area contributed by atoms with Crippen LogP contribution in [0.2, 0.25) is 0 Å². The molecule has 1 aliphatic heterocycles. The van der Waals surface area contributed by atoms with Gasteiger partial charge in [-0.2, -0.15) is 5.10 Å². The van der Waals surface area contributed by atoms with Crippen LogP contribution in [-0.2, 0) is 4.79 Å². The number of aromatic nitrogens is 2. The molecule has 2 heterocycles. The summed E-state index contributed by atoms with van der Waals surface area (Å²) in [4.78, 5) is 25.4. The number of nitrogens with two attached hydrogens (primary N) is 1. The Hall–Kier alpha value is -1.92. The number of amides is 2. The fourth-order valence-corrected chi connectivity index (χ4v) is 3.76. The van der Waals surface area contributed by atoms with E-state index in [0.29, 0.717) is 11.6 Å². The fraction of sp³-hybridized carbons (Fsp3) is 0.688. The fourth-order valence-electron chi connectivity index (χ4n) is 3.76. The van der Waals surface area contributed by atoms with Gasteiger partial charge < -0.3 is 10.6 Å². The molecule has 2 amide bonds. The minimum Gasteiger partial charge on any atom is -0.368 e. The van der Waals surface area contributed by atoms with E-state index in [1.165, 1.54) is 30.4 Å². The molecule has 2 fully saturated rings. The Labute approximate surface area is 134 Å². The second-order valence-corrected chi connectivity index (χ2v) is 6.59. The number of hydrogen-bond donors (Lipinski definition) is 1. The van der Waals surface area contributed by atoms with E-state index in [4.69, 9.17) is 5.73 Å². The Morgan fingerprint density at radius 1 is 1.30 bits per heavy atom. The lowest BCUT2D eigenvalue weighted by Crippen LogP contribution is -2.43. The molecular formula is C16H23FN4O2. The molecule has 1 aliphatic carbocycles. The second kappa shape index (κ2) is 6.29. The van der Waals surface area contributed by atoms with Gasteiger partial charge in [0, 0.05) is 12.1 Å². The van der Waals surface area contributed by atoms with Gasteiger partial charge in [-0.25, -0.2) is 4.39 Å². The zero-order chi connectivity index (χ0) is 16.6. The minimum absolute atomic E-state index is 0.0170. The summed E-state index contributed by atoms with van der Waals surface area (Å²) in [7, 11) is 0. The molecule has 0 unspecified atom stereocenters. The van der Waals surface area contributed by atoms with E-state index < -0.39 is 18.1 Å². The van der Waals surface area contributed by atoms with Crippen molar-refractivity contribution < 1.29 is 14.0 Å². The number of likely N-dealkylation sites (tertiary alicyclic amines) is 1. The van der Waals surface area contributed by atoms with Crippen LogP contribution in [-0.4, -0.2) is 45.3 Å². The molecule has 2 aliphatic rings. The van der Waals surface area contributed by atoms with Crippen LogP contribution in [0.5, 0.6) is 0 Å². The van der Waals surface area contributed by atoms with Crippen molar-refractivity contribution in [2.24, 2.45) is 5.73 Å². The van der Waals surface area contributed by atoms with Crippen LogP contribution in [0.1, 0.15) is 60.6 Å². The zero-order valence-corrected chi connectivity index (χ0v) is 13.4. The van der Waals surface area contributed by atoms with Crippen LogP contribution in [0.15, 0.2) is 6.20 Å². The van der Waals surface area contributed by atoms with Gasteiger partial charge in [-0.3, -0.25) is 14.3 Å². The summed E-state index contributed by atoms with van der Waals surface area (Å²) in [6, 6.07) is -0.542. The maximum Gasteiger partial charge on any atom is 0.258 e. The zero-order valence-electron chi connectivity index (χ0n) is 13.4. The van der Waals surface area contributed by atoms with Gasteiger partial charge in [0.2, 0.25) is 5.91 Å². The van der Waals surface area contributed by atoms with E-state index in [-0.39, 0.29) is 18.9 Å². The van der Waals surface area contributed by atoms with Crippen molar-refractivity contribution in [3.63, 3.8) is 0 Å². The Morgan fingerprint density at radius 3 is 2.65 bits per heavy atom. The lowest BCUT2D eigenvalue weighted by Gasteiger charge is -2.24. The van der Waals surface area contributed by atoms with Crippen LogP contribution in [0, 0.1) is 6.92 Å². The van der Waals surface area contributed by atoms with Gasteiger partial charge in [-0.1, -0.05) is 19.3 Å². The van der Waals surface area contributed by atoms with E-state index in [2.05, 4.69) is 5.10 Å². The third kappa shape index (κ3) is 2.96. The molecule has 1 aromatic rings. The molecule has 2 N–H and O–H groups in total. The summed E-state index contributed by atoms with van der Waals surface area (Å²) in [6.07, 6.45) is 6.04. The number of rotatable bonds is 3. The first kappa shape index (κ1) is 16.0. The van der Waals surface area contributed by atoms with E-state index in [1.54, 1.807) is 0 Å². The average molecular weight is 322 g/mol. The van der Waals surface area contributed by atoms with Crippen molar-refractivity contribution >= 4 is 11.8 Å². The van der Waals surface area contributed by atoms with Crippen molar-refractivity contribution in [3.8, 4) is 0 Å². The summed E-state index contributed by atoms with van der Waals surface area (Å²) in [5, 5.41) is 4.38. The van der Waals surface area contributed by atoms with Gasteiger partial charge in [0.1, 0.15) is 12.2 Å². The van der Waals surface area contributed by atoms with Crippen LogP contribution in [0.3, 0.4) is 0 Å². The van der Waals surface area contributed by atoms with E-state index in [1.807, 2.05) is 11.6 Å². The van der Waals surface area contributed by atoms with Crippen LogP contribution in [0.25, 0.3) is 0 Å². The predicted molar refractivity (Wildman–Crippen MR) is 82.6 cm³/mol. The predicted octanol–water partition coefficient (Wildman–Crippen LogP) is 1.73. The van der Waals surface area contributed by atoms with Crippen molar-refractivity contribution in [2.75, 3.05) is 6.54 Å². The van der Waals surface area contributed by atoms with Gasteiger partial charge >= 0.3 is 0 Å². The van der Waals surface area contributed by atoms with E-state index >= 15 is 0 Å². The number of carbonyl (C=O) groups is 2. The Kier molecular flexibility index (Phi) is 4.37. The van der Waals surface area contributed by atoms with Crippen LogP contribution >= 0.6 is 0 Å². The summed E-state index contributed by atoms with van der Waals surface area (Å²) in [5.41, 5.74) is 6.53. The number of carbonyl (C=O) groups excluding carboxylic acids is 2. The summed E-state index contributed by atoms with van der Waals surface area (Å²) in [6.45, 7) is 1.78. The molecule has 6 nitrogen and oxygen atoms in total. The van der Waals surface area contributed by atoms with Gasteiger partial charge in [0.05, 0.1) is 24.3 Å². The molecule has 0 bridgehead atoms. The van der Waals surface area contributed by atoms with E-state index in [9.17, 15) is 14.0 Å². The summed E-state index contributed by atoms with van der Waals surface area (Å²) in [5.74, 6) is -1.01. The average Bonchev–Trinajstić information content (AvgIpc) is 3.11. The number of alkyl halides is 1. The highest BCUT2D eigenvalue weighted by Gasteiger charge is 2.40. The SMILES string of the molecule is Cc1c(C(=O)N2C[C@H](F)C[C@H]2C(N)=O)cnn1C1CCCCC1. The quantitative estimate of drug-likeness (QED) is 0.920. The molecule has 0 radical (unpaired) electrons. The number of primary amides is 1. The molecule has 23 heavy (non-hydrogen) atoms. The molecule has 0 aromatic carbocycles. The van der Waals surface area contributed by atoms with Gasteiger partial charge in [0.15, 0.2) is 0 Å². The Balaban J connectivity index is 1.82. The standard InChI is InChI=1S/C16H23FN4O2/c1-10-13(8-19-21(10)12-5-3-2-4-6-12)16(23)20-9-11(17)7-14(20)15(18)22/h8,11-12,14H,2-7,9H2,1H3,(H2,18,22)/t11-,14+/m1/s1. The molecule has 1 aromatic heterocycles. The topological polar surface area (TPSA) is 81.2 Å². The van der Waals surface area contributed by atoms with Gasteiger partial charge in [-0.15, -0.1) is 0 Å². The summed E-state index contributed by atoms with van der Waals surface area (Å²) >= 11 is 0. The smallest absolute Gasteiger partial charge is 0.258 e. The highest BCUT2D eigenvalue weighted by atomic mass is 19.1.